The highest BCUT2D eigenvalue weighted by Gasteiger charge is 2.21. The summed E-state index contributed by atoms with van der Waals surface area (Å²) in [5.74, 6) is 0.356. The molecule has 45 heavy (non-hydrogen) atoms. The third-order valence-electron chi connectivity index (χ3n) is 9.02. The molecule has 1 N–H and O–H groups in total. The van der Waals surface area contributed by atoms with E-state index in [2.05, 4.69) is 94.4 Å². The van der Waals surface area contributed by atoms with E-state index in [1.165, 1.54) is 88.2 Å². The first-order valence-corrected chi connectivity index (χ1v) is 18.2. The second-order valence-electron chi connectivity index (χ2n) is 13.1. The summed E-state index contributed by atoms with van der Waals surface area (Å²) in [5.41, 5.74) is 4.64. The monoisotopic (exact) mass is 614 g/mol. The van der Waals surface area contributed by atoms with Crippen molar-refractivity contribution in [2.24, 2.45) is 0 Å². The molecule has 4 unspecified atom stereocenters. The predicted octanol–water partition coefficient (Wildman–Crippen LogP) is 12.3. The van der Waals surface area contributed by atoms with Gasteiger partial charge in [-0.25, -0.2) is 0 Å². The Kier molecular flexibility index (Phi) is 18.0. The summed E-state index contributed by atoms with van der Waals surface area (Å²) in [6, 6.07) is 27.3. The minimum Gasteiger partial charge on any atom is -0.508 e. The van der Waals surface area contributed by atoms with Gasteiger partial charge in [0.15, 0.2) is 0 Å². The fraction of sp³-hybridized carbons (Fsp3) is 0.571. The Labute approximate surface area is 275 Å². The molecule has 0 aromatic heterocycles. The van der Waals surface area contributed by atoms with Crippen molar-refractivity contribution in [1.82, 2.24) is 0 Å². The molecule has 0 radical (unpaired) electrons. The van der Waals surface area contributed by atoms with Crippen molar-refractivity contribution in [2.45, 2.75) is 155 Å². The first kappa shape index (κ1) is 36.8. The van der Waals surface area contributed by atoms with Gasteiger partial charge in [0, 0.05) is 6.42 Å². The lowest BCUT2D eigenvalue weighted by atomic mass is 9.96. The van der Waals surface area contributed by atoms with Crippen LogP contribution in [0.15, 0.2) is 78.9 Å². The molecule has 248 valence electrons. The van der Waals surface area contributed by atoms with E-state index in [4.69, 9.17) is 9.47 Å². The van der Waals surface area contributed by atoms with Crippen LogP contribution < -0.4 is 0 Å². The standard InChI is InChI=1S/C42H62O3/c1-5-7-9-11-13-21-30-41(36-24-17-15-18-25-36)44-34(3)32-38-28-23-29-40(43)39(38)33-35(4)45-42(37-26-19-16-20-27-37)31-22-14-12-10-8-6-2/h15-20,23-29,34-35,41-43H,5-14,21-22,30-33H2,1-4H3. The number of hydrogen-bond acceptors (Lipinski definition) is 3. The summed E-state index contributed by atoms with van der Waals surface area (Å²) >= 11 is 0. The first-order valence-electron chi connectivity index (χ1n) is 18.2. The highest BCUT2D eigenvalue weighted by atomic mass is 16.5. The van der Waals surface area contributed by atoms with E-state index in [9.17, 15) is 5.11 Å². The van der Waals surface area contributed by atoms with Gasteiger partial charge in [0.1, 0.15) is 5.75 Å². The summed E-state index contributed by atoms with van der Waals surface area (Å²) < 4.78 is 13.5. The summed E-state index contributed by atoms with van der Waals surface area (Å²) in [4.78, 5) is 0. The molecule has 0 aliphatic carbocycles. The second-order valence-corrected chi connectivity index (χ2v) is 13.1. The lowest BCUT2D eigenvalue weighted by Gasteiger charge is -2.26. The molecule has 0 spiro atoms. The molecular formula is C42H62O3. The number of hydrogen-bond donors (Lipinski definition) is 1. The number of phenols is 1. The number of phenolic OH excluding ortho intramolecular Hbond substituents is 1. The normalized spacial score (nSPS) is 14.2. The van der Waals surface area contributed by atoms with Crippen molar-refractivity contribution >= 4 is 0 Å². The van der Waals surface area contributed by atoms with Crippen molar-refractivity contribution in [3.05, 3.63) is 101 Å². The van der Waals surface area contributed by atoms with Gasteiger partial charge in [0.2, 0.25) is 0 Å². The predicted molar refractivity (Wildman–Crippen MR) is 191 cm³/mol. The number of benzene rings is 3. The van der Waals surface area contributed by atoms with Gasteiger partial charge in [-0.3, -0.25) is 0 Å². The highest BCUT2D eigenvalue weighted by Crippen LogP contribution is 2.31. The van der Waals surface area contributed by atoms with Crippen molar-refractivity contribution in [2.75, 3.05) is 0 Å². The molecule has 0 heterocycles. The quantitative estimate of drug-likeness (QED) is 0.102. The third kappa shape index (κ3) is 14.1. The molecule has 0 fully saturated rings. The zero-order chi connectivity index (χ0) is 32.1. The Hall–Kier alpha value is -2.62. The van der Waals surface area contributed by atoms with Gasteiger partial charge in [-0.05, 0) is 61.4 Å². The van der Waals surface area contributed by atoms with Gasteiger partial charge in [-0.2, -0.15) is 0 Å². The molecule has 0 aliphatic rings. The van der Waals surface area contributed by atoms with Crippen LogP contribution in [0.1, 0.15) is 152 Å². The van der Waals surface area contributed by atoms with E-state index in [0.29, 0.717) is 12.2 Å². The molecule has 3 nitrogen and oxygen atoms in total. The fourth-order valence-corrected chi connectivity index (χ4v) is 6.48. The van der Waals surface area contributed by atoms with E-state index in [-0.39, 0.29) is 24.4 Å². The van der Waals surface area contributed by atoms with Crippen LogP contribution in [0.4, 0.5) is 0 Å². The van der Waals surface area contributed by atoms with Crippen LogP contribution in [0.5, 0.6) is 5.75 Å². The second kappa shape index (κ2) is 22.0. The summed E-state index contributed by atoms with van der Waals surface area (Å²) in [6.45, 7) is 8.87. The van der Waals surface area contributed by atoms with Gasteiger partial charge in [0.05, 0.1) is 24.4 Å². The van der Waals surface area contributed by atoms with Crippen LogP contribution in [-0.2, 0) is 22.3 Å². The minimum absolute atomic E-state index is 0.0247. The average Bonchev–Trinajstić information content (AvgIpc) is 3.05. The van der Waals surface area contributed by atoms with Crippen molar-refractivity contribution in [3.63, 3.8) is 0 Å². The topological polar surface area (TPSA) is 38.7 Å². The molecule has 3 aromatic rings. The van der Waals surface area contributed by atoms with Gasteiger partial charge >= 0.3 is 0 Å². The largest absolute Gasteiger partial charge is 0.508 e. The zero-order valence-corrected chi connectivity index (χ0v) is 28.9. The molecule has 3 aromatic carbocycles. The van der Waals surface area contributed by atoms with Crippen molar-refractivity contribution in [1.29, 1.82) is 0 Å². The maximum Gasteiger partial charge on any atom is 0.119 e. The maximum atomic E-state index is 11.0. The van der Waals surface area contributed by atoms with E-state index in [1.807, 2.05) is 12.1 Å². The van der Waals surface area contributed by atoms with Gasteiger partial charge in [-0.1, -0.05) is 164 Å². The van der Waals surface area contributed by atoms with Gasteiger partial charge in [0.25, 0.3) is 0 Å². The van der Waals surface area contributed by atoms with Crippen LogP contribution in [0.25, 0.3) is 0 Å². The Bertz CT molecular complexity index is 1150. The van der Waals surface area contributed by atoms with Crippen molar-refractivity contribution < 1.29 is 14.6 Å². The third-order valence-corrected chi connectivity index (χ3v) is 9.02. The van der Waals surface area contributed by atoms with Crippen LogP contribution in [-0.4, -0.2) is 17.3 Å². The lowest BCUT2D eigenvalue weighted by molar-refractivity contribution is -0.0120. The van der Waals surface area contributed by atoms with Gasteiger partial charge < -0.3 is 14.6 Å². The Morgan fingerprint density at radius 2 is 0.956 bits per heavy atom. The molecule has 0 saturated heterocycles. The van der Waals surface area contributed by atoms with E-state index in [1.54, 1.807) is 0 Å². The van der Waals surface area contributed by atoms with Crippen LogP contribution >= 0.6 is 0 Å². The Balaban J connectivity index is 1.63. The molecule has 0 aliphatic heterocycles. The Morgan fingerprint density at radius 1 is 0.511 bits per heavy atom. The minimum atomic E-state index is -0.0247. The molecule has 3 heteroatoms. The van der Waals surface area contributed by atoms with Crippen molar-refractivity contribution in [3.8, 4) is 5.75 Å². The van der Waals surface area contributed by atoms with E-state index in [0.717, 1.165) is 30.4 Å². The van der Waals surface area contributed by atoms with Gasteiger partial charge in [-0.15, -0.1) is 0 Å². The average molecular weight is 615 g/mol. The number of aromatic hydroxyl groups is 1. The number of rotatable bonds is 24. The van der Waals surface area contributed by atoms with E-state index < -0.39 is 0 Å². The molecule has 3 rings (SSSR count). The molecule has 0 saturated carbocycles. The molecular weight excluding hydrogens is 552 g/mol. The fourth-order valence-electron chi connectivity index (χ4n) is 6.48. The zero-order valence-electron chi connectivity index (χ0n) is 28.9. The smallest absolute Gasteiger partial charge is 0.119 e. The highest BCUT2D eigenvalue weighted by molar-refractivity contribution is 5.40. The summed E-state index contributed by atoms with van der Waals surface area (Å²) in [6.07, 6.45) is 19.0. The SMILES string of the molecule is CCCCCCCCC(OC(C)Cc1cccc(O)c1CC(C)OC(CCCCCCCC)c1ccccc1)c1ccccc1. The van der Waals surface area contributed by atoms with Crippen LogP contribution in [0.3, 0.4) is 0 Å². The first-order chi connectivity index (χ1) is 22.0. The summed E-state index contributed by atoms with van der Waals surface area (Å²) in [7, 11) is 0. The van der Waals surface area contributed by atoms with Crippen LogP contribution in [0, 0.1) is 0 Å². The number of ether oxygens (including phenoxy) is 2. The summed E-state index contributed by atoms with van der Waals surface area (Å²) in [5, 5.41) is 11.0. The molecule has 0 bridgehead atoms. The maximum absolute atomic E-state index is 11.0. The number of unbranched alkanes of at least 4 members (excludes halogenated alkanes) is 10. The van der Waals surface area contributed by atoms with Crippen LogP contribution in [0.2, 0.25) is 0 Å². The molecule has 4 atom stereocenters. The Morgan fingerprint density at radius 3 is 1.44 bits per heavy atom. The lowest BCUT2D eigenvalue weighted by Crippen LogP contribution is -2.20. The molecule has 0 amide bonds. The van der Waals surface area contributed by atoms with E-state index >= 15 is 0 Å².